The molecule has 5 heteroatoms. The Morgan fingerprint density at radius 2 is 2.03 bits per heavy atom. The Kier molecular flexibility index (Phi) is 6.62. The first kappa shape index (κ1) is 22.9. The number of carbonyl (C=O) groups excluding carboxylic acids is 2. The van der Waals surface area contributed by atoms with Crippen LogP contribution in [0.4, 0.5) is 4.79 Å². The summed E-state index contributed by atoms with van der Waals surface area (Å²) in [6.45, 7) is 3.79. The molecular weight excluding hydrogens is 426 g/mol. The molecule has 1 saturated carbocycles. The molecule has 1 saturated heterocycles. The molecule has 2 aliphatic carbocycles. The first-order chi connectivity index (χ1) is 16.7. The second-order valence-corrected chi connectivity index (χ2v) is 10.1. The van der Waals surface area contributed by atoms with E-state index in [1.54, 1.807) is 0 Å². The van der Waals surface area contributed by atoms with Gasteiger partial charge in [-0.15, -0.1) is 0 Å². The third-order valence-electron chi connectivity index (χ3n) is 8.28. The number of rotatable bonds is 7. The van der Waals surface area contributed by atoms with Gasteiger partial charge in [-0.3, -0.25) is 4.79 Å². The van der Waals surface area contributed by atoms with Crippen LogP contribution in [0.1, 0.15) is 78.9 Å². The molecule has 2 aromatic rings. The van der Waals surface area contributed by atoms with Gasteiger partial charge in [-0.1, -0.05) is 56.5 Å². The standard InChI is InChI=1S/C29H35NO4/c1-2-3-15-33-27-18-25-22(16-23(27)19-31)17-26-24-11-7-8-12-29(24,25)13-14-30(26)28(32)34-20-21-9-5-4-6-10-21/h4-6,9-10,16,18-19,24,26H,2-3,7-8,11-15,17,20H2,1H3/t24-,26+,29+/m1/s1. The molecule has 180 valence electrons. The Bertz CT molecular complexity index is 1040. The van der Waals surface area contributed by atoms with Gasteiger partial charge < -0.3 is 14.4 Å². The number of ether oxygens (including phenoxy) is 2. The van der Waals surface area contributed by atoms with E-state index in [4.69, 9.17) is 9.47 Å². The van der Waals surface area contributed by atoms with E-state index in [-0.39, 0.29) is 17.6 Å². The smallest absolute Gasteiger partial charge is 0.410 e. The Labute approximate surface area is 202 Å². The number of fused-ring (bicyclic) bond motifs is 1. The first-order valence-electron chi connectivity index (χ1n) is 12.9. The van der Waals surface area contributed by atoms with Gasteiger partial charge in [-0.25, -0.2) is 4.79 Å². The van der Waals surface area contributed by atoms with Gasteiger partial charge in [0.1, 0.15) is 12.4 Å². The van der Waals surface area contributed by atoms with Crippen molar-refractivity contribution in [3.8, 4) is 5.75 Å². The number of amides is 1. The van der Waals surface area contributed by atoms with Crippen molar-refractivity contribution in [3.05, 3.63) is 64.7 Å². The lowest BCUT2D eigenvalue weighted by Crippen LogP contribution is -2.62. The van der Waals surface area contributed by atoms with Crippen LogP contribution in [-0.4, -0.2) is 36.5 Å². The predicted octanol–water partition coefficient (Wildman–Crippen LogP) is 6.07. The Balaban J connectivity index is 1.43. The van der Waals surface area contributed by atoms with Crippen LogP contribution in [-0.2, 0) is 23.2 Å². The molecule has 0 radical (unpaired) electrons. The summed E-state index contributed by atoms with van der Waals surface area (Å²) in [5, 5.41) is 0. The van der Waals surface area contributed by atoms with Crippen molar-refractivity contribution < 1.29 is 19.1 Å². The van der Waals surface area contributed by atoms with E-state index in [2.05, 4.69) is 13.0 Å². The van der Waals surface area contributed by atoms with Crippen LogP contribution in [0.5, 0.6) is 5.75 Å². The van der Waals surface area contributed by atoms with Crippen LogP contribution in [0.3, 0.4) is 0 Å². The van der Waals surface area contributed by atoms with Crippen LogP contribution in [0.15, 0.2) is 42.5 Å². The van der Waals surface area contributed by atoms with Gasteiger partial charge in [0.15, 0.2) is 6.29 Å². The zero-order chi connectivity index (χ0) is 23.5. The van der Waals surface area contributed by atoms with Gasteiger partial charge in [-0.05, 0) is 66.8 Å². The van der Waals surface area contributed by atoms with Crippen LogP contribution < -0.4 is 4.74 Å². The lowest BCUT2D eigenvalue weighted by Gasteiger charge is -2.58. The molecule has 5 nitrogen and oxygen atoms in total. The number of likely N-dealkylation sites (tertiary alicyclic amines) is 1. The van der Waals surface area contributed by atoms with Crippen molar-refractivity contribution >= 4 is 12.4 Å². The number of nitrogens with zero attached hydrogens (tertiary/aromatic N) is 1. The lowest BCUT2D eigenvalue weighted by atomic mass is 9.52. The largest absolute Gasteiger partial charge is 0.493 e. The molecule has 2 aromatic carbocycles. The molecular formula is C29H35NO4. The number of carbonyl (C=O) groups is 2. The van der Waals surface area contributed by atoms with Crippen molar-refractivity contribution in [3.63, 3.8) is 0 Å². The van der Waals surface area contributed by atoms with E-state index < -0.39 is 0 Å². The van der Waals surface area contributed by atoms with E-state index in [9.17, 15) is 9.59 Å². The first-order valence-corrected chi connectivity index (χ1v) is 12.9. The SMILES string of the molecule is CCCCOc1cc2c(cc1C=O)C[C@H]1[C@H]3CCCC[C@@]23CCN1C(=O)OCc1ccccc1. The highest BCUT2D eigenvalue weighted by atomic mass is 16.6. The third kappa shape index (κ3) is 4.10. The number of piperidine rings is 1. The normalized spacial score (nSPS) is 25.1. The van der Waals surface area contributed by atoms with Crippen LogP contribution in [0.25, 0.3) is 0 Å². The zero-order valence-corrected chi connectivity index (χ0v) is 20.1. The Morgan fingerprint density at radius 1 is 1.18 bits per heavy atom. The molecule has 3 aliphatic rings. The number of aldehydes is 1. The molecule has 0 aromatic heterocycles. The summed E-state index contributed by atoms with van der Waals surface area (Å²) in [6, 6.07) is 14.2. The van der Waals surface area contributed by atoms with E-state index in [1.807, 2.05) is 41.3 Å². The van der Waals surface area contributed by atoms with E-state index in [1.165, 1.54) is 24.0 Å². The van der Waals surface area contributed by atoms with Gasteiger partial charge in [0.05, 0.1) is 12.2 Å². The van der Waals surface area contributed by atoms with Crippen LogP contribution in [0, 0.1) is 5.92 Å². The summed E-state index contributed by atoms with van der Waals surface area (Å²) < 4.78 is 11.8. The molecule has 0 unspecified atom stereocenters. The van der Waals surface area contributed by atoms with E-state index >= 15 is 0 Å². The average Bonchev–Trinajstić information content (AvgIpc) is 2.88. The van der Waals surface area contributed by atoms with Crippen molar-refractivity contribution in [1.82, 2.24) is 4.90 Å². The fraction of sp³-hybridized carbons (Fsp3) is 0.517. The van der Waals surface area contributed by atoms with Gasteiger partial charge in [-0.2, -0.15) is 0 Å². The molecule has 34 heavy (non-hydrogen) atoms. The Hall–Kier alpha value is -2.82. The summed E-state index contributed by atoms with van der Waals surface area (Å²) in [5.74, 6) is 1.15. The lowest BCUT2D eigenvalue weighted by molar-refractivity contribution is -0.0137. The number of hydrogen-bond acceptors (Lipinski definition) is 4. The van der Waals surface area contributed by atoms with Gasteiger partial charge in [0, 0.05) is 18.0 Å². The zero-order valence-electron chi connectivity index (χ0n) is 20.1. The third-order valence-corrected chi connectivity index (χ3v) is 8.28. The van der Waals surface area contributed by atoms with Crippen LogP contribution in [0.2, 0.25) is 0 Å². The van der Waals surface area contributed by atoms with Gasteiger partial charge >= 0.3 is 6.09 Å². The predicted molar refractivity (Wildman–Crippen MR) is 131 cm³/mol. The van der Waals surface area contributed by atoms with Crippen molar-refractivity contribution in [2.75, 3.05) is 13.2 Å². The molecule has 1 heterocycles. The van der Waals surface area contributed by atoms with E-state index in [0.29, 0.717) is 24.7 Å². The number of unbranched alkanes of at least 4 members (excludes halogenated alkanes) is 1. The minimum Gasteiger partial charge on any atom is -0.493 e. The molecule has 1 amide bonds. The molecule has 0 spiro atoms. The maximum atomic E-state index is 13.2. The second kappa shape index (κ2) is 9.81. The van der Waals surface area contributed by atoms with Crippen LogP contribution >= 0.6 is 0 Å². The fourth-order valence-corrected chi connectivity index (χ4v) is 6.64. The molecule has 1 aliphatic heterocycles. The van der Waals surface area contributed by atoms with E-state index in [0.717, 1.165) is 62.7 Å². The van der Waals surface area contributed by atoms with Gasteiger partial charge in [0.2, 0.25) is 0 Å². The summed E-state index contributed by atoms with van der Waals surface area (Å²) in [4.78, 5) is 27.1. The average molecular weight is 462 g/mol. The highest BCUT2D eigenvalue weighted by molar-refractivity contribution is 5.80. The van der Waals surface area contributed by atoms with Gasteiger partial charge in [0.25, 0.3) is 0 Å². The second-order valence-electron chi connectivity index (χ2n) is 10.1. The minimum atomic E-state index is -0.216. The highest BCUT2D eigenvalue weighted by Crippen LogP contribution is 2.56. The van der Waals surface area contributed by atoms with Crippen molar-refractivity contribution in [2.24, 2.45) is 5.92 Å². The molecule has 5 rings (SSSR count). The maximum Gasteiger partial charge on any atom is 0.410 e. The Morgan fingerprint density at radius 3 is 2.82 bits per heavy atom. The summed E-state index contributed by atoms with van der Waals surface area (Å²) in [5.41, 5.74) is 4.25. The summed E-state index contributed by atoms with van der Waals surface area (Å²) >= 11 is 0. The topological polar surface area (TPSA) is 55.8 Å². The summed E-state index contributed by atoms with van der Waals surface area (Å²) in [7, 11) is 0. The molecule has 2 fully saturated rings. The van der Waals surface area contributed by atoms with Crippen molar-refractivity contribution in [1.29, 1.82) is 0 Å². The minimum absolute atomic E-state index is 0.0665. The fourth-order valence-electron chi connectivity index (χ4n) is 6.64. The molecule has 3 atom stereocenters. The summed E-state index contributed by atoms with van der Waals surface area (Å²) in [6.07, 6.45) is 9.14. The maximum absolute atomic E-state index is 13.2. The quantitative estimate of drug-likeness (QED) is 0.371. The van der Waals surface area contributed by atoms with Crippen molar-refractivity contribution in [2.45, 2.75) is 76.4 Å². The number of benzene rings is 2. The molecule has 0 N–H and O–H groups in total. The molecule has 2 bridgehead atoms. The highest BCUT2D eigenvalue weighted by Gasteiger charge is 2.55. The number of hydrogen-bond donors (Lipinski definition) is 0. The monoisotopic (exact) mass is 461 g/mol.